The van der Waals surface area contributed by atoms with Gasteiger partial charge < -0.3 is 9.64 Å². The molecule has 4 nitrogen and oxygen atoms in total. The van der Waals surface area contributed by atoms with Crippen LogP contribution < -0.4 is 4.74 Å². The van der Waals surface area contributed by atoms with Crippen LogP contribution in [0.3, 0.4) is 0 Å². The summed E-state index contributed by atoms with van der Waals surface area (Å²) in [6.45, 7) is 6.20. The number of benzene rings is 2. The topological polar surface area (TPSA) is 32.8 Å². The van der Waals surface area contributed by atoms with Crippen molar-refractivity contribution in [3.63, 3.8) is 0 Å². The number of halogens is 1. The predicted octanol–water partition coefficient (Wildman–Crippen LogP) is 3.18. The van der Waals surface area contributed by atoms with Gasteiger partial charge in [-0.15, -0.1) is 0 Å². The number of carbonyl (C=O) groups is 1. The molecule has 1 aliphatic heterocycles. The number of rotatable bonds is 5. The zero-order valence-corrected chi connectivity index (χ0v) is 14.5. The number of carbonyl (C=O) groups excluding carboxylic acids is 1. The summed E-state index contributed by atoms with van der Waals surface area (Å²) in [5, 5.41) is 0. The molecule has 0 spiro atoms. The van der Waals surface area contributed by atoms with E-state index in [1.54, 1.807) is 12.1 Å². The first-order chi connectivity index (χ1) is 12.2. The fraction of sp³-hybridized carbons (Fsp3) is 0.350. The van der Waals surface area contributed by atoms with Crippen LogP contribution in [0.1, 0.15) is 22.8 Å². The second kappa shape index (κ2) is 8.12. The molecule has 1 heterocycles. The molecule has 0 atom stereocenters. The molecule has 0 unspecified atom stereocenters. The van der Waals surface area contributed by atoms with E-state index in [4.69, 9.17) is 4.74 Å². The standard InChI is InChI=1S/C20H23FN2O2/c1-2-25-19-8-6-17(7-9-19)20(24)23-12-10-22(11-13-23)15-16-4-3-5-18(21)14-16/h3-9,14H,2,10-13,15H2,1H3. The Morgan fingerprint density at radius 2 is 1.80 bits per heavy atom. The molecule has 2 aromatic rings. The Balaban J connectivity index is 1.53. The first-order valence-electron chi connectivity index (χ1n) is 8.64. The predicted molar refractivity (Wildman–Crippen MR) is 95.2 cm³/mol. The average molecular weight is 342 g/mol. The molecule has 0 aromatic heterocycles. The van der Waals surface area contributed by atoms with Gasteiger partial charge in [0, 0.05) is 38.3 Å². The normalized spacial score (nSPS) is 15.2. The summed E-state index contributed by atoms with van der Waals surface area (Å²) in [7, 11) is 0. The van der Waals surface area contributed by atoms with Crippen molar-refractivity contribution in [1.29, 1.82) is 0 Å². The Hall–Kier alpha value is -2.40. The Bertz CT molecular complexity index is 710. The third-order valence-electron chi connectivity index (χ3n) is 4.37. The van der Waals surface area contributed by atoms with Gasteiger partial charge in [-0.25, -0.2) is 4.39 Å². The van der Waals surface area contributed by atoms with Gasteiger partial charge in [0.05, 0.1) is 6.61 Å². The number of nitrogens with zero attached hydrogens (tertiary/aromatic N) is 2. The van der Waals surface area contributed by atoms with Gasteiger partial charge in [-0.3, -0.25) is 9.69 Å². The SMILES string of the molecule is CCOc1ccc(C(=O)N2CCN(Cc3cccc(F)c3)CC2)cc1. The summed E-state index contributed by atoms with van der Waals surface area (Å²) in [6.07, 6.45) is 0. The van der Waals surface area contributed by atoms with Crippen molar-refractivity contribution >= 4 is 5.91 Å². The van der Waals surface area contributed by atoms with E-state index in [2.05, 4.69) is 4.90 Å². The van der Waals surface area contributed by atoms with Crippen LogP contribution in [-0.4, -0.2) is 48.5 Å². The second-order valence-corrected chi connectivity index (χ2v) is 6.16. The van der Waals surface area contributed by atoms with E-state index in [-0.39, 0.29) is 11.7 Å². The fourth-order valence-corrected chi connectivity index (χ4v) is 3.05. The fourth-order valence-electron chi connectivity index (χ4n) is 3.05. The van der Waals surface area contributed by atoms with Crippen molar-refractivity contribution in [2.24, 2.45) is 0 Å². The highest BCUT2D eigenvalue weighted by Crippen LogP contribution is 2.16. The molecule has 25 heavy (non-hydrogen) atoms. The van der Waals surface area contributed by atoms with Gasteiger partial charge in [-0.1, -0.05) is 12.1 Å². The van der Waals surface area contributed by atoms with Crippen molar-refractivity contribution in [1.82, 2.24) is 9.80 Å². The van der Waals surface area contributed by atoms with Crippen LogP contribution in [-0.2, 0) is 6.54 Å². The molecule has 132 valence electrons. The highest BCUT2D eigenvalue weighted by Gasteiger charge is 2.22. The third-order valence-corrected chi connectivity index (χ3v) is 4.37. The van der Waals surface area contributed by atoms with Gasteiger partial charge in [-0.2, -0.15) is 0 Å². The molecule has 1 aliphatic rings. The first kappa shape index (κ1) is 17.4. The van der Waals surface area contributed by atoms with Crippen LogP contribution >= 0.6 is 0 Å². The van der Waals surface area contributed by atoms with Gasteiger partial charge in [0.15, 0.2) is 0 Å². The molecule has 3 rings (SSSR count). The van der Waals surface area contributed by atoms with Crippen molar-refractivity contribution in [3.8, 4) is 5.75 Å². The van der Waals surface area contributed by atoms with Crippen molar-refractivity contribution in [3.05, 3.63) is 65.5 Å². The Labute approximate surface area is 147 Å². The molecule has 0 aliphatic carbocycles. The molecule has 2 aromatic carbocycles. The lowest BCUT2D eigenvalue weighted by Gasteiger charge is -2.34. The van der Waals surface area contributed by atoms with Crippen LogP contribution in [0.15, 0.2) is 48.5 Å². The highest BCUT2D eigenvalue weighted by atomic mass is 19.1. The summed E-state index contributed by atoms with van der Waals surface area (Å²) < 4.78 is 18.7. The summed E-state index contributed by atoms with van der Waals surface area (Å²) in [4.78, 5) is 16.7. The number of hydrogen-bond acceptors (Lipinski definition) is 3. The Kier molecular flexibility index (Phi) is 5.66. The van der Waals surface area contributed by atoms with Gasteiger partial charge in [0.1, 0.15) is 11.6 Å². The monoisotopic (exact) mass is 342 g/mol. The number of ether oxygens (including phenoxy) is 1. The molecule has 0 bridgehead atoms. The molecular weight excluding hydrogens is 319 g/mol. The summed E-state index contributed by atoms with van der Waals surface area (Å²) in [6, 6.07) is 14.0. The zero-order chi connectivity index (χ0) is 17.6. The van der Waals surface area contributed by atoms with Crippen LogP contribution in [0, 0.1) is 5.82 Å². The second-order valence-electron chi connectivity index (χ2n) is 6.16. The minimum atomic E-state index is -0.207. The molecular formula is C20H23FN2O2. The molecule has 1 fully saturated rings. The van der Waals surface area contributed by atoms with Crippen LogP contribution in [0.4, 0.5) is 4.39 Å². The Morgan fingerprint density at radius 1 is 1.08 bits per heavy atom. The molecule has 0 radical (unpaired) electrons. The van der Waals surface area contributed by atoms with E-state index in [9.17, 15) is 9.18 Å². The van der Waals surface area contributed by atoms with E-state index < -0.39 is 0 Å². The number of piperazine rings is 1. The average Bonchev–Trinajstić information content (AvgIpc) is 2.63. The minimum absolute atomic E-state index is 0.0495. The maximum Gasteiger partial charge on any atom is 0.253 e. The quantitative estimate of drug-likeness (QED) is 0.837. The van der Waals surface area contributed by atoms with E-state index in [1.165, 1.54) is 6.07 Å². The van der Waals surface area contributed by atoms with E-state index in [1.807, 2.05) is 42.2 Å². The number of hydrogen-bond donors (Lipinski definition) is 0. The molecule has 0 saturated carbocycles. The Morgan fingerprint density at radius 3 is 2.44 bits per heavy atom. The molecule has 5 heteroatoms. The lowest BCUT2D eigenvalue weighted by Crippen LogP contribution is -2.48. The largest absolute Gasteiger partial charge is 0.494 e. The zero-order valence-electron chi connectivity index (χ0n) is 14.5. The van der Waals surface area contributed by atoms with Crippen molar-refractivity contribution < 1.29 is 13.9 Å². The first-order valence-corrected chi connectivity index (χ1v) is 8.64. The molecule has 0 N–H and O–H groups in total. The lowest BCUT2D eigenvalue weighted by molar-refractivity contribution is 0.0628. The molecule has 1 amide bonds. The van der Waals surface area contributed by atoms with Gasteiger partial charge in [0.25, 0.3) is 5.91 Å². The van der Waals surface area contributed by atoms with Crippen LogP contribution in [0.5, 0.6) is 5.75 Å². The summed E-state index contributed by atoms with van der Waals surface area (Å²) in [5.74, 6) is 0.620. The van der Waals surface area contributed by atoms with Gasteiger partial charge in [-0.05, 0) is 48.9 Å². The smallest absolute Gasteiger partial charge is 0.253 e. The minimum Gasteiger partial charge on any atom is -0.494 e. The van der Waals surface area contributed by atoms with E-state index in [0.717, 1.165) is 24.4 Å². The van der Waals surface area contributed by atoms with E-state index >= 15 is 0 Å². The highest BCUT2D eigenvalue weighted by molar-refractivity contribution is 5.94. The maximum absolute atomic E-state index is 13.3. The van der Waals surface area contributed by atoms with Crippen molar-refractivity contribution in [2.45, 2.75) is 13.5 Å². The van der Waals surface area contributed by atoms with Crippen molar-refractivity contribution in [2.75, 3.05) is 32.8 Å². The number of amides is 1. The van der Waals surface area contributed by atoms with Crippen LogP contribution in [0.2, 0.25) is 0 Å². The summed E-state index contributed by atoms with van der Waals surface area (Å²) in [5.41, 5.74) is 1.65. The van der Waals surface area contributed by atoms with Gasteiger partial charge >= 0.3 is 0 Å². The van der Waals surface area contributed by atoms with Gasteiger partial charge in [0.2, 0.25) is 0 Å². The van der Waals surface area contributed by atoms with E-state index in [0.29, 0.717) is 31.8 Å². The summed E-state index contributed by atoms with van der Waals surface area (Å²) >= 11 is 0. The third kappa shape index (κ3) is 4.57. The lowest BCUT2D eigenvalue weighted by atomic mass is 10.1. The maximum atomic E-state index is 13.3. The molecule has 1 saturated heterocycles. The van der Waals surface area contributed by atoms with Crippen LogP contribution in [0.25, 0.3) is 0 Å².